The standard InChI is InChI=1S/C14H22N2/c1-10(2)9-12-5-7-13(8-6-12)11(3)14(15)16-4/h5-8,10-11H,9H2,1-4H3,(H2,15,16)/t11-/m1/s1. The lowest BCUT2D eigenvalue weighted by atomic mass is 9.96. The minimum absolute atomic E-state index is 0.151. The molecule has 0 saturated carbocycles. The molecule has 88 valence electrons. The molecule has 0 saturated heterocycles. The van der Waals surface area contributed by atoms with Crippen molar-refractivity contribution in [3.63, 3.8) is 0 Å². The van der Waals surface area contributed by atoms with Crippen molar-refractivity contribution in [3.8, 4) is 0 Å². The lowest BCUT2D eigenvalue weighted by Crippen LogP contribution is -2.22. The SMILES string of the molecule is CNC(=N)[C@H](C)c1ccc(CC(C)C)cc1. The molecular formula is C14H22N2. The van der Waals surface area contributed by atoms with Crippen LogP contribution < -0.4 is 5.32 Å². The van der Waals surface area contributed by atoms with E-state index >= 15 is 0 Å². The van der Waals surface area contributed by atoms with Crippen molar-refractivity contribution in [2.75, 3.05) is 7.05 Å². The quantitative estimate of drug-likeness (QED) is 0.591. The van der Waals surface area contributed by atoms with Crippen molar-refractivity contribution >= 4 is 5.84 Å². The molecule has 0 heterocycles. The number of rotatable bonds is 4. The Morgan fingerprint density at radius 2 is 1.75 bits per heavy atom. The van der Waals surface area contributed by atoms with Gasteiger partial charge in [-0.1, -0.05) is 45.0 Å². The van der Waals surface area contributed by atoms with Gasteiger partial charge in [0.15, 0.2) is 0 Å². The van der Waals surface area contributed by atoms with Crippen molar-refractivity contribution in [2.45, 2.75) is 33.1 Å². The molecule has 0 amide bonds. The topological polar surface area (TPSA) is 35.9 Å². The Kier molecular flexibility index (Phi) is 4.53. The molecule has 0 radical (unpaired) electrons. The highest BCUT2D eigenvalue weighted by Crippen LogP contribution is 2.17. The van der Waals surface area contributed by atoms with Crippen LogP contribution in [0.25, 0.3) is 0 Å². The first kappa shape index (κ1) is 12.8. The first-order valence-corrected chi connectivity index (χ1v) is 5.89. The zero-order chi connectivity index (χ0) is 12.1. The first-order chi connectivity index (χ1) is 7.54. The van der Waals surface area contributed by atoms with Crippen LogP contribution in [0.2, 0.25) is 0 Å². The second-order valence-corrected chi connectivity index (χ2v) is 4.72. The first-order valence-electron chi connectivity index (χ1n) is 5.89. The summed E-state index contributed by atoms with van der Waals surface area (Å²) in [6.07, 6.45) is 1.12. The summed E-state index contributed by atoms with van der Waals surface area (Å²) in [5.41, 5.74) is 2.58. The van der Waals surface area contributed by atoms with E-state index in [1.807, 2.05) is 0 Å². The maximum Gasteiger partial charge on any atom is 0.100 e. The second kappa shape index (κ2) is 5.69. The van der Waals surface area contributed by atoms with Gasteiger partial charge in [-0.05, 0) is 23.5 Å². The Labute approximate surface area is 98.6 Å². The summed E-state index contributed by atoms with van der Waals surface area (Å²) in [7, 11) is 1.80. The van der Waals surface area contributed by atoms with E-state index < -0.39 is 0 Å². The molecule has 0 aliphatic heterocycles. The van der Waals surface area contributed by atoms with Gasteiger partial charge < -0.3 is 5.32 Å². The lowest BCUT2D eigenvalue weighted by molar-refractivity contribution is 0.647. The third-order valence-corrected chi connectivity index (χ3v) is 2.83. The Hall–Kier alpha value is -1.31. The highest BCUT2D eigenvalue weighted by Gasteiger charge is 2.09. The van der Waals surface area contributed by atoms with E-state index in [-0.39, 0.29) is 5.92 Å². The number of benzene rings is 1. The lowest BCUT2D eigenvalue weighted by Gasteiger charge is -2.14. The van der Waals surface area contributed by atoms with Gasteiger partial charge in [0, 0.05) is 13.0 Å². The van der Waals surface area contributed by atoms with Crippen LogP contribution in [0.5, 0.6) is 0 Å². The van der Waals surface area contributed by atoms with Gasteiger partial charge in [-0.15, -0.1) is 0 Å². The van der Waals surface area contributed by atoms with Crippen LogP contribution in [-0.2, 0) is 6.42 Å². The Balaban J connectivity index is 2.74. The van der Waals surface area contributed by atoms with E-state index in [1.54, 1.807) is 7.05 Å². The van der Waals surface area contributed by atoms with E-state index in [2.05, 4.69) is 50.4 Å². The van der Waals surface area contributed by atoms with Gasteiger partial charge in [-0.25, -0.2) is 0 Å². The highest BCUT2D eigenvalue weighted by molar-refractivity contribution is 5.85. The number of hydrogen-bond donors (Lipinski definition) is 2. The van der Waals surface area contributed by atoms with Gasteiger partial charge in [0.1, 0.15) is 5.84 Å². The summed E-state index contributed by atoms with van der Waals surface area (Å²) in [4.78, 5) is 0. The molecule has 16 heavy (non-hydrogen) atoms. The molecule has 0 bridgehead atoms. The molecule has 1 aromatic rings. The number of nitrogens with one attached hydrogen (secondary N) is 2. The normalized spacial score (nSPS) is 12.6. The summed E-state index contributed by atoms with van der Waals surface area (Å²) in [5, 5.41) is 10.6. The summed E-state index contributed by atoms with van der Waals surface area (Å²) >= 11 is 0. The van der Waals surface area contributed by atoms with Gasteiger partial charge in [0.2, 0.25) is 0 Å². The highest BCUT2D eigenvalue weighted by atomic mass is 14.9. The van der Waals surface area contributed by atoms with Crippen molar-refractivity contribution in [1.82, 2.24) is 5.32 Å². The predicted molar refractivity (Wildman–Crippen MR) is 70.2 cm³/mol. The maximum atomic E-state index is 7.74. The molecule has 2 N–H and O–H groups in total. The minimum Gasteiger partial charge on any atom is -0.377 e. The van der Waals surface area contributed by atoms with E-state index in [1.165, 1.54) is 11.1 Å². The smallest absolute Gasteiger partial charge is 0.100 e. The molecule has 0 aromatic heterocycles. The zero-order valence-corrected chi connectivity index (χ0v) is 10.7. The third-order valence-electron chi connectivity index (χ3n) is 2.83. The van der Waals surface area contributed by atoms with Crippen LogP contribution in [-0.4, -0.2) is 12.9 Å². The van der Waals surface area contributed by atoms with E-state index in [0.29, 0.717) is 11.8 Å². The van der Waals surface area contributed by atoms with Crippen LogP contribution >= 0.6 is 0 Å². The predicted octanol–water partition coefficient (Wildman–Crippen LogP) is 3.19. The van der Waals surface area contributed by atoms with Crippen LogP contribution in [0.1, 0.15) is 37.8 Å². The summed E-state index contributed by atoms with van der Waals surface area (Å²) in [6, 6.07) is 8.62. The Bertz CT molecular complexity index is 338. The number of hydrogen-bond acceptors (Lipinski definition) is 1. The number of amidine groups is 1. The van der Waals surface area contributed by atoms with Gasteiger partial charge >= 0.3 is 0 Å². The van der Waals surface area contributed by atoms with E-state index in [0.717, 1.165) is 6.42 Å². The molecule has 0 aliphatic carbocycles. The summed E-state index contributed by atoms with van der Waals surface area (Å²) < 4.78 is 0. The fraction of sp³-hybridized carbons (Fsp3) is 0.500. The van der Waals surface area contributed by atoms with Crippen molar-refractivity contribution in [3.05, 3.63) is 35.4 Å². The second-order valence-electron chi connectivity index (χ2n) is 4.72. The summed E-state index contributed by atoms with van der Waals surface area (Å²) in [5.74, 6) is 1.41. The molecule has 0 unspecified atom stereocenters. The van der Waals surface area contributed by atoms with Gasteiger partial charge in [-0.2, -0.15) is 0 Å². The van der Waals surface area contributed by atoms with Crippen LogP contribution in [0.15, 0.2) is 24.3 Å². The Morgan fingerprint density at radius 3 is 2.19 bits per heavy atom. The summed E-state index contributed by atoms with van der Waals surface area (Å²) in [6.45, 7) is 6.51. The fourth-order valence-corrected chi connectivity index (χ4v) is 1.80. The van der Waals surface area contributed by atoms with Gasteiger partial charge in [0.25, 0.3) is 0 Å². The van der Waals surface area contributed by atoms with Crippen LogP contribution in [0, 0.1) is 11.3 Å². The fourth-order valence-electron chi connectivity index (χ4n) is 1.80. The molecular weight excluding hydrogens is 196 g/mol. The Morgan fingerprint density at radius 1 is 1.19 bits per heavy atom. The van der Waals surface area contributed by atoms with E-state index in [9.17, 15) is 0 Å². The molecule has 2 heteroatoms. The number of likely N-dealkylation sites (N-methyl/N-ethyl adjacent to an activating group) is 1. The maximum absolute atomic E-state index is 7.74. The molecule has 1 aromatic carbocycles. The van der Waals surface area contributed by atoms with Gasteiger partial charge in [-0.3, -0.25) is 5.41 Å². The molecule has 1 rings (SSSR count). The molecule has 0 fully saturated rings. The molecule has 2 nitrogen and oxygen atoms in total. The van der Waals surface area contributed by atoms with Crippen molar-refractivity contribution in [1.29, 1.82) is 5.41 Å². The van der Waals surface area contributed by atoms with Gasteiger partial charge in [0.05, 0.1) is 0 Å². The zero-order valence-electron chi connectivity index (χ0n) is 10.7. The molecule has 1 atom stereocenters. The van der Waals surface area contributed by atoms with Crippen molar-refractivity contribution in [2.24, 2.45) is 5.92 Å². The monoisotopic (exact) mass is 218 g/mol. The largest absolute Gasteiger partial charge is 0.377 e. The van der Waals surface area contributed by atoms with E-state index in [4.69, 9.17) is 5.41 Å². The third kappa shape index (κ3) is 3.37. The average molecular weight is 218 g/mol. The van der Waals surface area contributed by atoms with Crippen LogP contribution in [0.3, 0.4) is 0 Å². The van der Waals surface area contributed by atoms with Crippen molar-refractivity contribution < 1.29 is 0 Å². The molecule has 0 aliphatic rings. The minimum atomic E-state index is 0.151. The van der Waals surface area contributed by atoms with Crippen LogP contribution in [0.4, 0.5) is 0 Å². The molecule has 0 spiro atoms. The average Bonchev–Trinajstić information content (AvgIpc) is 2.27.